The monoisotopic (exact) mass is 375 g/mol. The Morgan fingerprint density at radius 1 is 1.12 bits per heavy atom. The highest BCUT2D eigenvalue weighted by Gasteiger charge is 2.20. The average Bonchev–Trinajstić information content (AvgIpc) is 3.20. The Morgan fingerprint density at radius 3 is 2.50 bits per heavy atom. The Kier molecular flexibility index (Phi) is 4.94. The number of benzene rings is 1. The Hall–Kier alpha value is -2.87. The van der Waals surface area contributed by atoms with E-state index >= 15 is 0 Å². The van der Waals surface area contributed by atoms with E-state index in [0.717, 1.165) is 0 Å². The molecule has 3 rings (SSSR count). The molecule has 0 fully saturated rings. The molecule has 0 N–H and O–H groups in total. The number of nitrogens with zero attached hydrogens (tertiary/aromatic N) is 1. The quantitative estimate of drug-likeness (QED) is 0.610. The third-order valence-electron chi connectivity index (χ3n) is 3.83. The molecule has 0 saturated heterocycles. The van der Waals surface area contributed by atoms with Gasteiger partial charge in [0.2, 0.25) is 5.76 Å². The maximum absolute atomic E-state index is 12.3. The highest BCUT2D eigenvalue weighted by Crippen LogP contribution is 2.19. The minimum atomic E-state index is -3.55. The van der Waals surface area contributed by atoms with Crippen molar-refractivity contribution in [1.29, 1.82) is 0 Å². The molecule has 0 aliphatic heterocycles. The van der Waals surface area contributed by atoms with Crippen molar-refractivity contribution in [2.75, 3.05) is 0 Å². The van der Waals surface area contributed by atoms with Crippen molar-refractivity contribution in [3.63, 3.8) is 0 Å². The summed E-state index contributed by atoms with van der Waals surface area (Å²) in [5.41, 5.74) is 1.33. The predicted octanol–water partition coefficient (Wildman–Crippen LogP) is 3.22. The van der Waals surface area contributed by atoms with Crippen LogP contribution in [-0.2, 0) is 26.9 Å². The second-order valence-electron chi connectivity index (χ2n) is 5.72. The zero-order chi connectivity index (χ0) is 18.7. The highest BCUT2D eigenvalue weighted by molar-refractivity contribution is 7.90. The van der Waals surface area contributed by atoms with Crippen LogP contribution in [0.2, 0.25) is 0 Å². The minimum Gasteiger partial charge on any atom is -0.455 e. The van der Waals surface area contributed by atoms with E-state index in [1.54, 1.807) is 32.0 Å². The molecule has 0 radical (unpaired) electrons. The van der Waals surface area contributed by atoms with Gasteiger partial charge in [-0.25, -0.2) is 13.2 Å². The first kappa shape index (κ1) is 17.9. The van der Waals surface area contributed by atoms with E-state index in [4.69, 9.17) is 13.7 Å². The number of aromatic nitrogens is 1. The van der Waals surface area contributed by atoms with Gasteiger partial charge in [-0.05, 0) is 38.1 Å². The number of hydrogen-bond acceptors (Lipinski definition) is 7. The van der Waals surface area contributed by atoms with E-state index < -0.39 is 15.8 Å². The fraction of sp³-hybridized carbons (Fsp3) is 0.222. The molecule has 0 bridgehead atoms. The Labute approximate surface area is 150 Å². The Morgan fingerprint density at radius 2 is 1.85 bits per heavy atom. The summed E-state index contributed by atoms with van der Waals surface area (Å²) >= 11 is 0. The summed E-state index contributed by atoms with van der Waals surface area (Å²) in [5.74, 6) is -0.348. The topological polar surface area (TPSA) is 99.6 Å². The Bertz CT molecular complexity index is 998. The zero-order valence-electron chi connectivity index (χ0n) is 14.3. The van der Waals surface area contributed by atoms with Crippen molar-refractivity contribution in [3.05, 3.63) is 71.0 Å². The van der Waals surface area contributed by atoms with Crippen LogP contribution in [0.1, 0.15) is 33.3 Å². The van der Waals surface area contributed by atoms with Gasteiger partial charge in [-0.2, -0.15) is 0 Å². The van der Waals surface area contributed by atoms with E-state index in [1.807, 2.05) is 0 Å². The van der Waals surface area contributed by atoms with Crippen molar-refractivity contribution in [3.8, 4) is 0 Å². The molecule has 2 heterocycles. The minimum absolute atomic E-state index is 0.00164. The number of carbonyl (C=O) groups excluding carboxylic acids is 1. The molecular weight excluding hydrogens is 358 g/mol. The van der Waals surface area contributed by atoms with E-state index in [0.29, 0.717) is 17.0 Å². The van der Waals surface area contributed by atoms with Gasteiger partial charge in [0.25, 0.3) is 0 Å². The van der Waals surface area contributed by atoms with Crippen LogP contribution in [-0.4, -0.2) is 19.5 Å². The summed E-state index contributed by atoms with van der Waals surface area (Å²) in [6.07, 6.45) is 0. The normalized spacial score (nSPS) is 11.5. The van der Waals surface area contributed by atoms with Crippen LogP contribution in [0, 0.1) is 13.8 Å². The number of hydrogen-bond donors (Lipinski definition) is 0. The summed E-state index contributed by atoms with van der Waals surface area (Å²) < 4.78 is 40.2. The summed E-state index contributed by atoms with van der Waals surface area (Å²) in [4.78, 5) is 12.3. The van der Waals surface area contributed by atoms with Gasteiger partial charge < -0.3 is 13.7 Å². The van der Waals surface area contributed by atoms with Gasteiger partial charge in [0.15, 0.2) is 9.84 Å². The summed E-state index contributed by atoms with van der Waals surface area (Å²) in [6.45, 7) is 3.47. The fourth-order valence-electron chi connectivity index (χ4n) is 2.38. The van der Waals surface area contributed by atoms with Crippen LogP contribution in [0.15, 0.2) is 56.3 Å². The van der Waals surface area contributed by atoms with Gasteiger partial charge in [0.1, 0.15) is 23.9 Å². The van der Waals surface area contributed by atoms with E-state index in [9.17, 15) is 13.2 Å². The first-order chi connectivity index (χ1) is 12.4. The first-order valence-corrected chi connectivity index (χ1v) is 9.47. The van der Waals surface area contributed by atoms with Crippen LogP contribution in [0.5, 0.6) is 0 Å². The number of ether oxygens (including phenoxy) is 1. The number of furan rings is 1. The van der Waals surface area contributed by atoms with Crippen LogP contribution < -0.4 is 0 Å². The zero-order valence-corrected chi connectivity index (χ0v) is 15.1. The van der Waals surface area contributed by atoms with Crippen molar-refractivity contribution < 1.29 is 26.9 Å². The van der Waals surface area contributed by atoms with Gasteiger partial charge in [-0.15, -0.1) is 0 Å². The van der Waals surface area contributed by atoms with Gasteiger partial charge >= 0.3 is 5.97 Å². The highest BCUT2D eigenvalue weighted by atomic mass is 32.2. The number of sulfone groups is 1. The lowest BCUT2D eigenvalue weighted by Crippen LogP contribution is -2.06. The van der Waals surface area contributed by atoms with Crippen molar-refractivity contribution in [2.24, 2.45) is 0 Å². The van der Waals surface area contributed by atoms with Crippen molar-refractivity contribution >= 4 is 15.8 Å². The standard InChI is InChI=1S/C18H17NO6S/c1-12-16(13(2)25-19-12)10-23-18(20)17-9-8-14(24-17)11-26(21,22)15-6-4-3-5-7-15/h3-9H,10-11H2,1-2H3. The molecule has 2 aromatic heterocycles. The molecule has 136 valence electrons. The maximum Gasteiger partial charge on any atom is 0.374 e. The van der Waals surface area contributed by atoms with E-state index in [-0.39, 0.29) is 28.8 Å². The molecule has 0 aliphatic rings. The lowest BCUT2D eigenvalue weighted by molar-refractivity contribution is 0.0432. The largest absolute Gasteiger partial charge is 0.455 e. The number of aryl methyl sites for hydroxylation is 2. The fourth-order valence-corrected chi connectivity index (χ4v) is 3.65. The third-order valence-corrected chi connectivity index (χ3v) is 5.48. The molecule has 0 saturated carbocycles. The number of carbonyl (C=O) groups is 1. The third kappa shape index (κ3) is 3.85. The van der Waals surface area contributed by atoms with Crippen molar-refractivity contribution in [2.45, 2.75) is 31.1 Å². The second-order valence-corrected chi connectivity index (χ2v) is 7.71. The van der Waals surface area contributed by atoms with Crippen molar-refractivity contribution in [1.82, 2.24) is 5.16 Å². The van der Waals surface area contributed by atoms with Gasteiger partial charge in [0, 0.05) is 0 Å². The van der Waals surface area contributed by atoms with Crippen LogP contribution >= 0.6 is 0 Å². The lowest BCUT2D eigenvalue weighted by Gasteiger charge is -2.03. The Balaban J connectivity index is 1.67. The molecule has 7 nitrogen and oxygen atoms in total. The molecule has 0 aliphatic carbocycles. The molecular formula is C18H17NO6S. The van der Waals surface area contributed by atoms with Crippen LogP contribution in [0.25, 0.3) is 0 Å². The van der Waals surface area contributed by atoms with Gasteiger partial charge in [-0.3, -0.25) is 0 Å². The smallest absolute Gasteiger partial charge is 0.374 e. The molecule has 1 aromatic carbocycles. The SMILES string of the molecule is Cc1noc(C)c1COC(=O)c1ccc(CS(=O)(=O)c2ccccc2)o1. The number of esters is 1. The molecule has 8 heteroatoms. The molecule has 3 aromatic rings. The predicted molar refractivity (Wildman–Crippen MR) is 91.1 cm³/mol. The van der Waals surface area contributed by atoms with E-state index in [2.05, 4.69) is 5.16 Å². The molecule has 26 heavy (non-hydrogen) atoms. The maximum atomic E-state index is 12.3. The van der Waals surface area contributed by atoms with E-state index in [1.165, 1.54) is 24.3 Å². The first-order valence-electron chi connectivity index (χ1n) is 7.82. The summed E-state index contributed by atoms with van der Waals surface area (Å²) in [6, 6.07) is 10.9. The molecule has 0 spiro atoms. The molecule has 0 unspecified atom stereocenters. The average molecular weight is 375 g/mol. The van der Waals surface area contributed by atoms with Crippen LogP contribution in [0.3, 0.4) is 0 Å². The summed E-state index contributed by atoms with van der Waals surface area (Å²) in [5, 5.41) is 3.78. The summed E-state index contributed by atoms with van der Waals surface area (Å²) in [7, 11) is -3.55. The number of rotatable bonds is 6. The second kappa shape index (κ2) is 7.17. The molecule has 0 atom stereocenters. The lowest BCUT2D eigenvalue weighted by atomic mass is 10.2. The van der Waals surface area contributed by atoms with Gasteiger partial charge in [-0.1, -0.05) is 23.4 Å². The van der Waals surface area contributed by atoms with Gasteiger partial charge in [0.05, 0.1) is 16.2 Å². The van der Waals surface area contributed by atoms with Crippen LogP contribution in [0.4, 0.5) is 0 Å². The molecule has 0 amide bonds.